The minimum Gasteiger partial charge on any atom is -0.347 e. The summed E-state index contributed by atoms with van der Waals surface area (Å²) in [6.45, 7) is 3.88. The molecule has 0 bridgehead atoms. The lowest BCUT2D eigenvalue weighted by Crippen LogP contribution is -2.20. The Morgan fingerprint density at radius 2 is 2.00 bits per heavy atom. The number of pyridine rings is 2. The van der Waals surface area contributed by atoms with Crippen molar-refractivity contribution in [1.82, 2.24) is 19.9 Å². The number of anilines is 1. The van der Waals surface area contributed by atoms with E-state index in [1.54, 1.807) is 30.7 Å². The van der Waals surface area contributed by atoms with Crippen LogP contribution >= 0.6 is 11.6 Å². The van der Waals surface area contributed by atoms with Crippen molar-refractivity contribution < 1.29 is 0 Å². The standard InChI is InChI=1S/C21H18ClN5O/c1-12-11-23-7-5-16(12)19-6-8-24-21(27-19)25-13(2)17-10-14-9-15(22)3-4-18(14)26-20(17)28/h3-11,13H,1-2H3,(H,26,28)(H,24,25,27). The van der Waals surface area contributed by atoms with Crippen LogP contribution in [0.3, 0.4) is 0 Å². The average molecular weight is 392 g/mol. The SMILES string of the molecule is Cc1cnccc1-c1ccnc(NC(C)c2cc3cc(Cl)ccc3[nH]c2=O)n1. The van der Waals surface area contributed by atoms with Crippen LogP contribution in [0.15, 0.2) is 59.8 Å². The van der Waals surface area contributed by atoms with Gasteiger partial charge >= 0.3 is 0 Å². The predicted octanol–water partition coefficient (Wildman–Crippen LogP) is 4.52. The Bertz CT molecular complexity index is 1220. The fourth-order valence-corrected chi connectivity index (χ4v) is 3.31. The highest BCUT2D eigenvalue weighted by atomic mass is 35.5. The number of fused-ring (bicyclic) bond motifs is 1. The summed E-state index contributed by atoms with van der Waals surface area (Å²) in [6, 6.07) is 10.7. The van der Waals surface area contributed by atoms with E-state index >= 15 is 0 Å². The number of benzene rings is 1. The highest BCUT2D eigenvalue weighted by Crippen LogP contribution is 2.23. The van der Waals surface area contributed by atoms with Gasteiger partial charge in [-0.1, -0.05) is 11.6 Å². The third kappa shape index (κ3) is 3.59. The summed E-state index contributed by atoms with van der Waals surface area (Å²) in [7, 11) is 0. The summed E-state index contributed by atoms with van der Waals surface area (Å²) in [5, 5.41) is 4.71. The molecule has 2 N–H and O–H groups in total. The van der Waals surface area contributed by atoms with Gasteiger partial charge in [0.2, 0.25) is 5.95 Å². The molecule has 6 nitrogen and oxygen atoms in total. The van der Waals surface area contributed by atoms with Gasteiger partial charge in [-0.2, -0.15) is 0 Å². The van der Waals surface area contributed by atoms with Crippen LogP contribution in [0.4, 0.5) is 5.95 Å². The van der Waals surface area contributed by atoms with Crippen LogP contribution < -0.4 is 10.9 Å². The zero-order valence-corrected chi connectivity index (χ0v) is 16.2. The summed E-state index contributed by atoms with van der Waals surface area (Å²) in [5.41, 5.74) is 4.00. The number of hydrogen-bond acceptors (Lipinski definition) is 5. The minimum atomic E-state index is -0.291. The van der Waals surface area contributed by atoms with Gasteiger partial charge in [0.25, 0.3) is 5.56 Å². The Morgan fingerprint density at radius 3 is 2.82 bits per heavy atom. The minimum absolute atomic E-state index is 0.157. The molecule has 0 spiro atoms. The lowest BCUT2D eigenvalue weighted by molar-refractivity contribution is 0.845. The molecule has 4 aromatic rings. The van der Waals surface area contributed by atoms with Gasteiger partial charge in [-0.3, -0.25) is 9.78 Å². The molecule has 0 aliphatic carbocycles. The van der Waals surface area contributed by atoms with E-state index in [1.165, 1.54) is 0 Å². The molecule has 0 aliphatic rings. The molecule has 28 heavy (non-hydrogen) atoms. The van der Waals surface area contributed by atoms with Crippen molar-refractivity contribution in [3.8, 4) is 11.3 Å². The topological polar surface area (TPSA) is 83.6 Å². The molecule has 4 rings (SSSR count). The van der Waals surface area contributed by atoms with E-state index in [9.17, 15) is 4.79 Å². The maximum Gasteiger partial charge on any atom is 0.253 e. The lowest BCUT2D eigenvalue weighted by Gasteiger charge is -2.15. The van der Waals surface area contributed by atoms with Crippen molar-refractivity contribution in [1.29, 1.82) is 0 Å². The van der Waals surface area contributed by atoms with Crippen LogP contribution in [-0.4, -0.2) is 19.9 Å². The third-order valence-electron chi connectivity index (χ3n) is 4.60. The van der Waals surface area contributed by atoms with Gasteiger partial charge in [0.1, 0.15) is 0 Å². The van der Waals surface area contributed by atoms with Gasteiger partial charge in [-0.25, -0.2) is 9.97 Å². The van der Waals surface area contributed by atoms with Crippen LogP contribution in [0.2, 0.25) is 5.02 Å². The van der Waals surface area contributed by atoms with Gasteiger partial charge < -0.3 is 10.3 Å². The number of aryl methyl sites for hydroxylation is 1. The fourth-order valence-electron chi connectivity index (χ4n) is 3.13. The molecule has 1 atom stereocenters. The number of rotatable bonds is 4. The second-order valence-corrected chi connectivity index (χ2v) is 7.04. The van der Waals surface area contributed by atoms with Crippen molar-refractivity contribution in [2.45, 2.75) is 19.9 Å². The van der Waals surface area contributed by atoms with Crippen molar-refractivity contribution >= 4 is 28.5 Å². The number of halogens is 1. The largest absolute Gasteiger partial charge is 0.347 e. The van der Waals surface area contributed by atoms with Gasteiger partial charge in [0.05, 0.1) is 11.7 Å². The lowest BCUT2D eigenvalue weighted by atomic mass is 10.1. The maximum atomic E-state index is 12.5. The maximum absolute atomic E-state index is 12.5. The smallest absolute Gasteiger partial charge is 0.253 e. The summed E-state index contributed by atoms with van der Waals surface area (Å²) >= 11 is 6.08. The van der Waals surface area contributed by atoms with Crippen LogP contribution in [0.25, 0.3) is 22.2 Å². The van der Waals surface area contributed by atoms with E-state index in [4.69, 9.17) is 11.6 Å². The van der Waals surface area contributed by atoms with E-state index in [-0.39, 0.29) is 11.6 Å². The molecule has 3 aromatic heterocycles. The van der Waals surface area contributed by atoms with Gasteiger partial charge in [0, 0.05) is 45.6 Å². The van der Waals surface area contributed by atoms with Crippen LogP contribution in [0.1, 0.15) is 24.1 Å². The molecular formula is C21H18ClN5O. The van der Waals surface area contributed by atoms with Crippen LogP contribution in [0, 0.1) is 6.92 Å². The summed E-state index contributed by atoms with van der Waals surface area (Å²) in [6.07, 6.45) is 5.23. The van der Waals surface area contributed by atoms with Crippen molar-refractivity contribution in [2.75, 3.05) is 5.32 Å². The first-order valence-electron chi connectivity index (χ1n) is 8.84. The zero-order chi connectivity index (χ0) is 19.7. The third-order valence-corrected chi connectivity index (χ3v) is 4.83. The van der Waals surface area contributed by atoms with Gasteiger partial charge in [-0.15, -0.1) is 0 Å². The van der Waals surface area contributed by atoms with Crippen LogP contribution in [0.5, 0.6) is 0 Å². The first-order valence-corrected chi connectivity index (χ1v) is 9.22. The molecule has 0 saturated carbocycles. The van der Waals surface area contributed by atoms with E-state index in [2.05, 4.69) is 25.3 Å². The monoisotopic (exact) mass is 391 g/mol. The quantitative estimate of drug-likeness (QED) is 0.534. The van der Waals surface area contributed by atoms with Gasteiger partial charge in [-0.05, 0) is 55.8 Å². The Hall–Kier alpha value is -3.25. The second kappa shape index (κ2) is 7.40. The fraction of sp³-hybridized carbons (Fsp3) is 0.143. The van der Waals surface area contributed by atoms with E-state index in [0.717, 1.165) is 27.7 Å². The molecule has 1 unspecified atom stereocenters. The summed E-state index contributed by atoms with van der Waals surface area (Å²) < 4.78 is 0. The average Bonchev–Trinajstić information content (AvgIpc) is 2.68. The zero-order valence-electron chi connectivity index (χ0n) is 15.4. The van der Waals surface area contributed by atoms with Gasteiger partial charge in [0.15, 0.2) is 0 Å². The van der Waals surface area contributed by atoms with Crippen molar-refractivity contribution in [3.63, 3.8) is 0 Å². The molecule has 3 heterocycles. The van der Waals surface area contributed by atoms with E-state index < -0.39 is 0 Å². The molecule has 0 saturated heterocycles. The molecule has 0 amide bonds. The van der Waals surface area contributed by atoms with Crippen molar-refractivity contribution in [2.24, 2.45) is 0 Å². The van der Waals surface area contributed by atoms with Crippen molar-refractivity contribution in [3.05, 3.63) is 81.5 Å². The molecule has 7 heteroatoms. The van der Waals surface area contributed by atoms with E-state index in [1.807, 2.05) is 38.1 Å². The highest BCUT2D eigenvalue weighted by Gasteiger charge is 2.13. The Kier molecular flexibility index (Phi) is 4.79. The first kappa shape index (κ1) is 18.1. The van der Waals surface area contributed by atoms with Crippen LogP contribution in [-0.2, 0) is 0 Å². The molecule has 0 fully saturated rings. The molecule has 140 valence electrons. The number of aromatic nitrogens is 4. The Labute approximate surface area is 166 Å². The van der Waals surface area contributed by atoms with E-state index in [0.29, 0.717) is 16.5 Å². The molecule has 0 aliphatic heterocycles. The Morgan fingerprint density at radius 1 is 1.14 bits per heavy atom. The predicted molar refractivity (Wildman–Crippen MR) is 112 cm³/mol. The number of hydrogen-bond donors (Lipinski definition) is 2. The first-order chi connectivity index (χ1) is 13.5. The molecular weight excluding hydrogens is 374 g/mol. The molecule has 1 aromatic carbocycles. The number of H-pyrrole nitrogens is 1. The number of aromatic amines is 1. The molecule has 0 radical (unpaired) electrons. The summed E-state index contributed by atoms with van der Waals surface area (Å²) in [4.78, 5) is 28.4. The normalized spacial score (nSPS) is 12.1. The highest BCUT2D eigenvalue weighted by molar-refractivity contribution is 6.31. The number of nitrogens with one attached hydrogen (secondary N) is 2. The summed E-state index contributed by atoms with van der Waals surface area (Å²) in [5.74, 6) is 0.451. The number of nitrogens with zero attached hydrogens (tertiary/aromatic N) is 3. The second-order valence-electron chi connectivity index (χ2n) is 6.61. The Balaban J connectivity index is 1.66.